The van der Waals surface area contributed by atoms with E-state index in [1.807, 2.05) is 78.9 Å². The smallest absolute Gasteiger partial charge is 0.488 e. The molecule has 2 N–H and O–H groups in total. The Morgan fingerprint density at radius 2 is 1.44 bits per heavy atom. The Labute approximate surface area is 333 Å². The molecule has 1 aliphatic rings. The Balaban J connectivity index is 0.000000811. The summed E-state index contributed by atoms with van der Waals surface area (Å²) in [6.45, 7) is 10.3. The van der Waals surface area contributed by atoms with Gasteiger partial charge in [0, 0.05) is 30.6 Å². The molecule has 3 aromatic carbocycles. The lowest BCUT2D eigenvalue weighted by atomic mass is 9.80. The summed E-state index contributed by atoms with van der Waals surface area (Å²) in [6.07, 6.45) is 1.52. The van der Waals surface area contributed by atoms with Gasteiger partial charge in [0.05, 0.1) is 40.5 Å². The third-order valence-corrected chi connectivity index (χ3v) is 10.3. The highest BCUT2D eigenvalue weighted by Gasteiger charge is 2.45. The lowest BCUT2D eigenvalue weighted by Gasteiger charge is -2.37. The van der Waals surface area contributed by atoms with Gasteiger partial charge in [0.25, 0.3) is 5.91 Å². The van der Waals surface area contributed by atoms with Crippen molar-refractivity contribution < 1.29 is 42.6 Å². The number of methoxy groups -OCH3 is 2. The van der Waals surface area contributed by atoms with Gasteiger partial charge in [-0.2, -0.15) is 4.98 Å². The van der Waals surface area contributed by atoms with Gasteiger partial charge in [0.15, 0.2) is 0 Å². The minimum absolute atomic E-state index is 0.00502. The van der Waals surface area contributed by atoms with E-state index in [1.165, 1.54) is 61.0 Å². The number of anilines is 1. The van der Waals surface area contributed by atoms with E-state index >= 15 is 0 Å². The standard InChI is InChI=1S/C36H33N4O9P.C6H15N/c1-45-28-12-8-26(9-13-28)36(25-6-4-3-5-7-25,27-10-14-29(46-2)15-11-27)47-23-31-30(49-50(43)44)22-33(48-31)40-21-18-32(39-35(40)42)38-34(41)24-16-19-37-20-17-24;1-4-7(5-2)6-3/h3-21,30-31,33H,22-23H2,1-2H3,(H,38,39,41,42);4-6H2,1-3H3/p+1/t30-,31+,33+;/m0./s1. The molecule has 0 saturated carbocycles. The summed E-state index contributed by atoms with van der Waals surface area (Å²) in [7, 11) is -0.102. The Morgan fingerprint density at radius 1 is 0.877 bits per heavy atom. The van der Waals surface area contributed by atoms with Crippen molar-refractivity contribution in [1.82, 2.24) is 14.5 Å². The number of carbonyl (C=O) groups excluding carboxylic acids is 1. The summed E-state index contributed by atoms with van der Waals surface area (Å²) in [4.78, 5) is 47.1. The van der Waals surface area contributed by atoms with E-state index in [9.17, 15) is 19.0 Å². The summed E-state index contributed by atoms with van der Waals surface area (Å²) < 4.78 is 42.4. The van der Waals surface area contributed by atoms with E-state index < -0.39 is 43.9 Å². The summed E-state index contributed by atoms with van der Waals surface area (Å²) >= 11 is 0. The molecule has 0 spiro atoms. The molecule has 0 radical (unpaired) electrons. The molecule has 1 amide bonds. The molecular weight excluding hydrogens is 749 g/mol. The zero-order valence-electron chi connectivity index (χ0n) is 32.7. The maximum absolute atomic E-state index is 13.2. The van der Waals surface area contributed by atoms with Crippen LogP contribution in [0.4, 0.5) is 5.82 Å². The summed E-state index contributed by atoms with van der Waals surface area (Å²) in [5.41, 5.74) is 0.739. The topological polar surface area (TPSA) is 168 Å². The molecule has 57 heavy (non-hydrogen) atoms. The predicted molar refractivity (Wildman–Crippen MR) is 213 cm³/mol. The van der Waals surface area contributed by atoms with Gasteiger partial charge < -0.3 is 34.1 Å². The lowest BCUT2D eigenvalue weighted by Crippen LogP contribution is -3.11. The second-order valence-corrected chi connectivity index (χ2v) is 13.7. The van der Waals surface area contributed by atoms with Crippen LogP contribution in [0.3, 0.4) is 0 Å². The highest BCUT2D eigenvalue weighted by Crippen LogP contribution is 2.43. The quantitative estimate of drug-likeness (QED) is 0.106. The predicted octanol–water partition coefficient (Wildman–Crippen LogP) is 4.54. The first kappa shape index (κ1) is 42.8. The molecule has 1 saturated heterocycles. The summed E-state index contributed by atoms with van der Waals surface area (Å²) in [5.74, 6) is 0.881. The van der Waals surface area contributed by atoms with Gasteiger partial charge in [0.2, 0.25) is 0 Å². The van der Waals surface area contributed by atoms with Crippen LogP contribution in [0.15, 0.2) is 120 Å². The Morgan fingerprint density at radius 3 is 1.93 bits per heavy atom. The van der Waals surface area contributed by atoms with Gasteiger partial charge >= 0.3 is 13.9 Å². The van der Waals surface area contributed by atoms with E-state index in [0.717, 1.165) is 16.7 Å². The molecular formula is C42H49N5O9P+. The molecule has 3 heterocycles. The largest absolute Gasteiger partial charge is 0.566 e. The van der Waals surface area contributed by atoms with Crippen molar-refractivity contribution in [1.29, 1.82) is 0 Å². The molecule has 15 heteroatoms. The Kier molecular flexibility index (Phi) is 15.6. The van der Waals surface area contributed by atoms with Crippen LogP contribution in [0.2, 0.25) is 0 Å². The van der Waals surface area contributed by atoms with Gasteiger partial charge in [-0.25, -0.2) is 4.79 Å². The van der Waals surface area contributed by atoms with Gasteiger partial charge in [-0.05, 0) is 84.5 Å². The fourth-order valence-corrected chi connectivity index (χ4v) is 7.11. The SMILES string of the molecule is CC[NH+](CC)CC.COc1ccc(C(OC[C@H]2O[C@@H](n3ccc(NC(=O)c4ccncc4)nc3=O)C[C@@H]2O[P+](=O)[O-])(c2ccccc2)c2ccc(OC)cc2)cc1. The number of carbonyl (C=O) groups is 1. The maximum Gasteiger partial charge on any atom is 0.488 e. The normalized spacial score (nSPS) is 16.7. The van der Waals surface area contributed by atoms with Crippen LogP contribution in [0.25, 0.3) is 0 Å². The zero-order chi connectivity index (χ0) is 40.8. The number of benzene rings is 3. The fraction of sp³-hybridized carbons (Fsp3) is 0.333. The van der Waals surface area contributed by atoms with E-state index in [0.29, 0.717) is 17.1 Å². The monoisotopic (exact) mass is 798 g/mol. The number of ether oxygens (including phenoxy) is 4. The van der Waals surface area contributed by atoms with Crippen molar-refractivity contribution in [2.24, 2.45) is 0 Å². The second kappa shape index (κ2) is 20.7. The van der Waals surface area contributed by atoms with E-state index in [2.05, 4.69) is 36.1 Å². The maximum atomic E-state index is 13.2. The molecule has 0 aliphatic carbocycles. The number of rotatable bonds is 16. The second-order valence-electron chi connectivity index (χ2n) is 13.1. The van der Waals surface area contributed by atoms with Crippen molar-refractivity contribution in [3.63, 3.8) is 0 Å². The molecule has 1 fully saturated rings. The number of nitrogens with zero attached hydrogens (tertiary/aromatic N) is 3. The summed E-state index contributed by atoms with van der Waals surface area (Å²) in [5, 5.41) is 2.59. The first-order valence-electron chi connectivity index (χ1n) is 18.7. The van der Waals surface area contributed by atoms with Crippen LogP contribution in [0.5, 0.6) is 11.5 Å². The average Bonchev–Trinajstić information content (AvgIpc) is 3.64. The Hall–Kier alpha value is -5.34. The summed E-state index contributed by atoms with van der Waals surface area (Å²) in [6, 6.07) is 29.0. The van der Waals surface area contributed by atoms with Crippen LogP contribution in [0, 0.1) is 0 Å². The molecule has 14 nitrogen and oxygen atoms in total. The molecule has 1 unspecified atom stereocenters. The van der Waals surface area contributed by atoms with Crippen LogP contribution in [-0.2, 0) is 24.2 Å². The molecule has 4 atom stereocenters. The van der Waals surface area contributed by atoms with Crippen LogP contribution in [0.1, 0.15) is 60.5 Å². The van der Waals surface area contributed by atoms with Crippen molar-refractivity contribution in [2.45, 2.75) is 51.2 Å². The van der Waals surface area contributed by atoms with Crippen molar-refractivity contribution in [3.8, 4) is 11.5 Å². The third kappa shape index (κ3) is 10.7. The number of nitrogens with one attached hydrogen (secondary N) is 2. The molecule has 6 rings (SSSR count). The average molecular weight is 799 g/mol. The fourth-order valence-electron chi connectivity index (χ4n) is 6.67. The number of amides is 1. The lowest BCUT2D eigenvalue weighted by molar-refractivity contribution is -0.894. The van der Waals surface area contributed by atoms with Gasteiger partial charge in [-0.15, -0.1) is 4.52 Å². The molecule has 1 aliphatic heterocycles. The van der Waals surface area contributed by atoms with E-state index in [-0.39, 0.29) is 18.8 Å². The highest BCUT2D eigenvalue weighted by atomic mass is 31.1. The third-order valence-electron chi connectivity index (χ3n) is 9.86. The number of hydrogen-bond acceptors (Lipinski definition) is 11. The minimum Gasteiger partial charge on any atom is -0.566 e. The van der Waals surface area contributed by atoms with Crippen LogP contribution >= 0.6 is 8.25 Å². The van der Waals surface area contributed by atoms with Gasteiger partial charge in [-0.3, -0.25) is 14.3 Å². The minimum atomic E-state index is -3.27. The van der Waals surface area contributed by atoms with Crippen molar-refractivity contribution in [2.75, 3.05) is 45.8 Å². The molecule has 2 aromatic heterocycles. The highest BCUT2D eigenvalue weighted by molar-refractivity contribution is 7.30. The number of pyridine rings is 1. The van der Waals surface area contributed by atoms with Gasteiger partial charge in [0.1, 0.15) is 41.4 Å². The number of quaternary nitrogens is 1. The molecule has 300 valence electrons. The van der Waals surface area contributed by atoms with E-state index in [1.54, 1.807) is 19.1 Å². The number of aromatic nitrogens is 3. The van der Waals surface area contributed by atoms with E-state index in [4.69, 9.17) is 23.5 Å². The van der Waals surface area contributed by atoms with Crippen LogP contribution < -0.4 is 30.3 Å². The molecule has 5 aromatic rings. The zero-order valence-corrected chi connectivity index (χ0v) is 33.6. The molecule has 0 bridgehead atoms. The number of hydrogen-bond donors (Lipinski definition) is 2. The first-order valence-corrected chi connectivity index (χ1v) is 19.8. The van der Waals surface area contributed by atoms with Gasteiger partial charge in [-0.1, -0.05) is 54.6 Å². The van der Waals surface area contributed by atoms with Crippen molar-refractivity contribution in [3.05, 3.63) is 148 Å². The Bertz CT molecular complexity index is 2030. The van der Waals surface area contributed by atoms with Crippen LogP contribution in [-0.4, -0.2) is 73.1 Å². The van der Waals surface area contributed by atoms with Crippen molar-refractivity contribution >= 4 is 20.0 Å². The first-order chi connectivity index (χ1) is 27.6.